The maximum absolute atomic E-state index is 6.18. The Morgan fingerprint density at radius 1 is 1.37 bits per heavy atom. The predicted octanol–water partition coefficient (Wildman–Crippen LogP) is 4.98. The monoisotopic (exact) mass is 341 g/mol. The van der Waals surface area contributed by atoms with Crippen LogP contribution in [0.3, 0.4) is 0 Å². The summed E-state index contributed by atoms with van der Waals surface area (Å²) in [5, 5.41) is 4.30. The molecule has 1 N–H and O–H groups in total. The molecule has 1 aromatic heterocycles. The van der Waals surface area contributed by atoms with Crippen LogP contribution in [-0.2, 0) is 6.42 Å². The van der Waals surface area contributed by atoms with Crippen LogP contribution < -0.4 is 5.32 Å². The Hall–Kier alpha value is -0.770. The molecule has 2 aromatic rings. The lowest BCUT2D eigenvalue weighted by atomic mass is 10.0. The summed E-state index contributed by atoms with van der Waals surface area (Å²) in [6.07, 6.45) is 5.50. The van der Waals surface area contributed by atoms with Gasteiger partial charge in [0, 0.05) is 10.5 Å². The Morgan fingerprint density at radius 2 is 2.21 bits per heavy atom. The number of rotatable bonds is 6. The molecule has 102 valence electrons. The van der Waals surface area contributed by atoms with Gasteiger partial charge in [0.1, 0.15) is 0 Å². The SMILES string of the molecule is CCCNC(Cc1ccoc1)c1ccc(Br)c(Cl)c1. The van der Waals surface area contributed by atoms with Crippen LogP contribution in [-0.4, -0.2) is 6.54 Å². The Kier molecular flexibility index (Phi) is 5.49. The van der Waals surface area contributed by atoms with Crippen LogP contribution in [0, 0.1) is 0 Å². The van der Waals surface area contributed by atoms with Crippen molar-refractivity contribution < 1.29 is 4.42 Å². The molecule has 4 heteroatoms. The van der Waals surface area contributed by atoms with E-state index < -0.39 is 0 Å². The van der Waals surface area contributed by atoms with E-state index >= 15 is 0 Å². The number of halogens is 2. The molecule has 1 aromatic carbocycles. The van der Waals surface area contributed by atoms with E-state index in [1.165, 1.54) is 11.1 Å². The molecule has 0 radical (unpaired) electrons. The minimum atomic E-state index is 0.253. The first-order chi connectivity index (χ1) is 9.20. The predicted molar refractivity (Wildman–Crippen MR) is 82.6 cm³/mol. The van der Waals surface area contributed by atoms with Crippen LogP contribution >= 0.6 is 27.5 Å². The molecule has 0 aliphatic heterocycles. The van der Waals surface area contributed by atoms with Crippen molar-refractivity contribution in [2.45, 2.75) is 25.8 Å². The number of hydrogen-bond acceptors (Lipinski definition) is 2. The van der Waals surface area contributed by atoms with Crippen LogP contribution in [0.5, 0.6) is 0 Å². The van der Waals surface area contributed by atoms with Gasteiger partial charge in [-0.2, -0.15) is 0 Å². The van der Waals surface area contributed by atoms with E-state index in [-0.39, 0.29) is 6.04 Å². The minimum absolute atomic E-state index is 0.253. The van der Waals surface area contributed by atoms with E-state index in [9.17, 15) is 0 Å². The van der Waals surface area contributed by atoms with Crippen LogP contribution in [0.1, 0.15) is 30.5 Å². The van der Waals surface area contributed by atoms with Gasteiger partial charge < -0.3 is 9.73 Å². The Labute approximate surface area is 127 Å². The minimum Gasteiger partial charge on any atom is -0.472 e. The summed E-state index contributed by atoms with van der Waals surface area (Å²) < 4.78 is 6.06. The van der Waals surface area contributed by atoms with Crippen molar-refractivity contribution in [3.63, 3.8) is 0 Å². The molecule has 1 atom stereocenters. The van der Waals surface area contributed by atoms with E-state index in [0.29, 0.717) is 0 Å². The molecule has 2 nitrogen and oxygen atoms in total. The zero-order valence-corrected chi connectivity index (χ0v) is 13.2. The average molecular weight is 343 g/mol. The van der Waals surface area contributed by atoms with E-state index in [0.717, 1.165) is 28.9 Å². The molecule has 0 aliphatic carbocycles. The van der Waals surface area contributed by atoms with Gasteiger partial charge in [-0.3, -0.25) is 0 Å². The number of benzene rings is 1. The molecule has 19 heavy (non-hydrogen) atoms. The molecule has 2 rings (SSSR count). The molecule has 0 spiro atoms. The lowest BCUT2D eigenvalue weighted by molar-refractivity contribution is 0.520. The van der Waals surface area contributed by atoms with Crippen LogP contribution in [0.15, 0.2) is 45.7 Å². The van der Waals surface area contributed by atoms with Crippen molar-refractivity contribution in [2.75, 3.05) is 6.54 Å². The molecule has 0 amide bonds. The summed E-state index contributed by atoms with van der Waals surface area (Å²) in [5.74, 6) is 0. The Balaban J connectivity index is 2.18. The summed E-state index contributed by atoms with van der Waals surface area (Å²) in [5.41, 5.74) is 2.38. The second-order valence-electron chi connectivity index (χ2n) is 4.52. The largest absolute Gasteiger partial charge is 0.472 e. The third-order valence-electron chi connectivity index (χ3n) is 3.01. The van der Waals surface area contributed by atoms with Crippen molar-refractivity contribution in [1.82, 2.24) is 5.32 Å². The summed E-state index contributed by atoms with van der Waals surface area (Å²) in [4.78, 5) is 0. The maximum Gasteiger partial charge on any atom is 0.0935 e. The van der Waals surface area contributed by atoms with E-state index in [4.69, 9.17) is 16.0 Å². The lowest BCUT2D eigenvalue weighted by Gasteiger charge is -2.19. The van der Waals surface area contributed by atoms with Gasteiger partial charge >= 0.3 is 0 Å². The Morgan fingerprint density at radius 3 is 2.84 bits per heavy atom. The van der Waals surface area contributed by atoms with Gasteiger partial charge in [-0.15, -0.1) is 0 Å². The van der Waals surface area contributed by atoms with Crippen molar-refractivity contribution in [2.24, 2.45) is 0 Å². The van der Waals surface area contributed by atoms with Gasteiger partial charge in [-0.05, 0) is 64.6 Å². The Bertz CT molecular complexity index is 513. The molecule has 0 saturated carbocycles. The van der Waals surface area contributed by atoms with Crippen molar-refractivity contribution >= 4 is 27.5 Å². The van der Waals surface area contributed by atoms with Crippen molar-refractivity contribution in [3.8, 4) is 0 Å². The summed E-state index contributed by atoms with van der Waals surface area (Å²) >= 11 is 9.61. The fourth-order valence-electron chi connectivity index (χ4n) is 2.00. The zero-order chi connectivity index (χ0) is 13.7. The highest BCUT2D eigenvalue weighted by Crippen LogP contribution is 2.27. The summed E-state index contributed by atoms with van der Waals surface area (Å²) in [6, 6.07) is 8.36. The summed E-state index contributed by atoms with van der Waals surface area (Å²) in [6.45, 7) is 3.15. The van der Waals surface area contributed by atoms with E-state index in [1.54, 1.807) is 12.5 Å². The average Bonchev–Trinajstić information content (AvgIpc) is 2.91. The first-order valence-electron chi connectivity index (χ1n) is 6.40. The number of nitrogens with one attached hydrogen (secondary N) is 1. The molecule has 0 saturated heterocycles. The van der Waals surface area contributed by atoms with Gasteiger partial charge in [0.15, 0.2) is 0 Å². The summed E-state index contributed by atoms with van der Waals surface area (Å²) in [7, 11) is 0. The highest BCUT2D eigenvalue weighted by Gasteiger charge is 2.13. The highest BCUT2D eigenvalue weighted by atomic mass is 79.9. The maximum atomic E-state index is 6.18. The second kappa shape index (κ2) is 7.13. The topological polar surface area (TPSA) is 25.2 Å². The molecule has 0 aliphatic rings. The third-order valence-corrected chi connectivity index (χ3v) is 4.24. The molecule has 1 unspecified atom stereocenters. The first kappa shape index (κ1) is 14.6. The van der Waals surface area contributed by atoms with Crippen LogP contribution in [0.2, 0.25) is 5.02 Å². The molecular weight excluding hydrogens is 326 g/mol. The quantitative estimate of drug-likeness (QED) is 0.801. The highest BCUT2D eigenvalue weighted by molar-refractivity contribution is 9.10. The second-order valence-corrected chi connectivity index (χ2v) is 5.78. The van der Waals surface area contributed by atoms with Crippen molar-refractivity contribution in [3.05, 3.63) is 57.4 Å². The molecule has 1 heterocycles. The fourth-order valence-corrected chi connectivity index (χ4v) is 2.44. The van der Waals surface area contributed by atoms with Gasteiger partial charge in [0.05, 0.1) is 17.5 Å². The smallest absolute Gasteiger partial charge is 0.0935 e. The van der Waals surface area contributed by atoms with Gasteiger partial charge in [-0.1, -0.05) is 24.6 Å². The van der Waals surface area contributed by atoms with Gasteiger partial charge in [0.25, 0.3) is 0 Å². The van der Waals surface area contributed by atoms with E-state index in [1.807, 2.05) is 18.2 Å². The van der Waals surface area contributed by atoms with E-state index in [2.05, 4.69) is 34.2 Å². The zero-order valence-electron chi connectivity index (χ0n) is 10.8. The van der Waals surface area contributed by atoms with Crippen LogP contribution in [0.25, 0.3) is 0 Å². The standard InChI is InChI=1S/C15H17BrClNO/c1-2-6-18-15(8-11-5-7-19-10-11)12-3-4-13(16)14(17)9-12/h3-5,7,9-10,15,18H,2,6,8H2,1H3. The van der Waals surface area contributed by atoms with Gasteiger partial charge in [-0.25, -0.2) is 0 Å². The molecular formula is C15H17BrClNO. The lowest BCUT2D eigenvalue weighted by Crippen LogP contribution is -2.24. The molecule has 0 bridgehead atoms. The third kappa shape index (κ3) is 4.10. The van der Waals surface area contributed by atoms with Crippen LogP contribution in [0.4, 0.5) is 0 Å². The molecule has 0 fully saturated rings. The first-order valence-corrected chi connectivity index (χ1v) is 7.57. The normalized spacial score (nSPS) is 12.6. The number of furan rings is 1. The number of hydrogen-bond donors (Lipinski definition) is 1. The van der Waals surface area contributed by atoms with Gasteiger partial charge in [0.2, 0.25) is 0 Å². The van der Waals surface area contributed by atoms with Crippen molar-refractivity contribution in [1.29, 1.82) is 0 Å². The fraction of sp³-hybridized carbons (Fsp3) is 0.333.